The number of hydrogen-bond donors (Lipinski definition) is 0. The predicted octanol–water partition coefficient (Wildman–Crippen LogP) is 5.31. The molecule has 0 atom stereocenters. The zero-order chi connectivity index (χ0) is 22.2. The first-order valence-electron chi connectivity index (χ1n) is 11.2. The summed E-state index contributed by atoms with van der Waals surface area (Å²) in [5, 5.41) is 4.74. The highest BCUT2D eigenvalue weighted by atomic mass is 35.5. The largest absolute Gasteiger partial charge is 0.367 e. The highest BCUT2D eigenvalue weighted by Crippen LogP contribution is 2.24. The van der Waals surface area contributed by atoms with Gasteiger partial charge in [-0.05, 0) is 42.7 Å². The first-order chi connectivity index (χ1) is 15.7. The van der Waals surface area contributed by atoms with Crippen molar-refractivity contribution in [1.29, 1.82) is 0 Å². The van der Waals surface area contributed by atoms with Crippen LogP contribution >= 0.6 is 11.6 Å². The SMILES string of the molecule is O=C(COCc1ccccc1)N(CCc1nc(-c2ccc(Cl)cc2)no1)C1CCCCC1. The standard InChI is InChI=1S/C25H28ClN3O3/c26-21-13-11-20(12-14-21)25-27-23(32-28-25)15-16-29(22-9-5-2-6-10-22)24(30)18-31-17-19-7-3-1-4-8-19/h1,3-4,7-8,11-14,22H,2,5-6,9-10,15-18H2. The van der Waals surface area contributed by atoms with Crippen molar-refractivity contribution < 1.29 is 14.1 Å². The van der Waals surface area contributed by atoms with Crippen LogP contribution < -0.4 is 0 Å². The number of aromatic nitrogens is 2. The molecule has 7 heteroatoms. The lowest BCUT2D eigenvalue weighted by atomic mass is 9.94. The Hall–Kier alpha value is -2.70. The third-order valence-electron chi connectivity index (χ3n) is 5.81. The van der Waals surface area contributed by atoms with Crippen LogP contribution in [-0.4, -0.2) is 40.1 Å². The van der Waals surface area contributed by atoms with Crippen LogP contribution in [0.4, 0.5) is 0 Å². The molecule has 2 aromatic carbocycles. The molecule has 1 amide bonds. The van der Waals surface area contributed by atoms with Gasteiger partial charge in [0.2, 0.25) is 17.6 Å². The van der Waals surface area contributed by atoms with Crippen molar-refractivity contribution in [1.82, 2.24) is 15.0 Å². The molecule has 1 aliphatic carbocycles. The molecule has 32 heavy (non-hydrogen) atoms. The Balaban J connectivity index is 1.36. The second-order valence-corrected chi connectivity index (χ2v) is 8.56. The molecular formula is C25H28ClN3O3. The van der Waals surface area contributed by atoms with Crippen molar-refractivity contribution >= 4 is 17.5 Å². The van der Waals surface area contributed by atoms with Crippen LogP contribution in [0.15, 0.2) is 59.1 Å². The zero-order valence-electron chi connectivity index (χ0n) is 18.1. The van der Waals surface area contributed by atoms with E-state index in [9.17, 15) is 4.79 Å². The Morgan fingerprint density at radius 1 is 1.06 bits per heavy atom. The minimum absolute atomic E-state index is 0.0188. The zero-order valence-corrected chi connectivity index (χ0v) is 18.8. The van der Waals surface area contributed by atoms with Gasteiger partial charge in [-0.1, -0.05) is 66.4 Å². The van der Waals surface area contributed by atoms with Gasteiger partial charge in [0.1, 0.15) is 6.61 Å². The number of hydrogen-bond acceptors (Lipinski definition) is 5. The van der Waals surface area contributed by atoms with Crippen LogP contribution in [0.3, 0.4) is 0 Å². The van der Waals surface area contributed by atoms with Gasteiger partial charge in [0, 0.05) is 29.6 Å². The number of rotatable bonds is 9. The van der Waals surface area contributed by atoms with Crippen LogP contribution in [0.25, 0.3) is 11.4 Å². The topological polar surface area (TPSA) is 68.5 Å². The molecule has 0 aliphatic heterocycles. The average Bonchev–Trinajstić information content (AvgIpc) is 3.30. The van der Waals surface area contributed by atoms with E-state index in [-0.39, 0.29) is 18.6 Å². The van der Waals surface area contributed by atoms with E-state index in [0.29, 0.717) is 36.3 Å². The maximum absolute atomic E-state index is 13.0. The van der Waals surface area contributed by atoms with E-state index in [0.717, 1.165) is 36.8 Å². The summed E-state index contributed by atoms with van der Waals surface area (Å²) < 4.78 is 11.2. The Labute approximate surface area is 193 Å². The first-order valence-corrected chi connectivity index (χ1v) is 11.6. The molecule has 0 radical (unpaired) electrons. The van der Waals surface area contributed by atoms with Gasteiger partial charge >= 0.3 is 0 Å². The Morgan fingerprint density at radius 2 is 1.81 bits per heavy atom. The number of carbonyl (C=O) groups excluding carboxylic acids is 1. The molecule has 0 saturated heterocycles. The van der Waals surface area contributed by atoms with Crippen molar-refractivity contribution in [3.63, 3.8) is 0 Å². The average molecular weight is 454 g/mol. The van der Waals surface area contributed by atoms with E-state index in [4.69, 9.17) is 20.9 Å². The molecule has 1 heterocycles. The summed E-state index contributed by atoms with van der Waals surface area (Å²) >= 11 is 5.95. The number of carbonyl (C=O) groups is 1. The summed E-state index contributed by atoms with van der Waals surface area (Å²) in [6, 6.07) is 17.5. The molecule has 0 N–H and O–H groups in total. The molecule has 1 saturated carbocycles. The van der Waals surface area contributed by atoms with Gasteiger partial charge in [-0.3, -0.25) is 4.79 Å². The molecule has 1 aliphatic rings. The Kier molecular flexibility index (Phi) is 7.91. The molecular weight excluding hydrogens is 426 g/mol. The predicted molar refractivity (Wildman–Crippen MR) is 123 cm³/mol. The lowest BCUT2D eigenvalue weighted by Gasteiger charge is -2.34. The summed E-state index contributed by atoms with van der Waals surface area (Å²) in [4.78, 5) is 19.5. The summed E-state index contributed by atoms with van der Waals surface area (Å²) in [7, 11) is 0. The Morgan fingerprint density at radius 3 is 2.56 bits per heavy atom. The monoisotopic (exact) mass is 453 g/mol. The van der Waals surface area contributed by atoms with Gasteiger partial charge in [-0.2, -0.15) is 4.98 Å². The fourth-order valence-corrected chi connectivity index (χ4v) is 4.23. The fraction of sp³-hybridized carbons (Fsp3) is 0.400. The number of halogens is 1. The smallest absolute Gasteiger partial charge is 0.248 e. The van der Waals surface area contributed by atoms with Crippen molar-refractivity contribution in [3.05, 3.63) is 71.1 Å². The van der Waals surface area contributed by atoms with Crippen molar-refractivity contribution in [2.45, 2.75) is 51.2 Å². The molecule has 1 aromatic heterocycles. The maximum Gasteiger partial charge on any atom is 0.248 e. The number of amides is 1. The normalized spacial score (nSPS) is 14.4. The molecule has 0 unspecified atom stereocenters. The third kappa shape index (κ3) is 6.17. The van der Waals surface area contributed by atoms with E-state index in [1.54, 1.807) is 12.1 Å². The quantitative estimate of drug-likeness (QED) is 0.439. The lowest BCUT2D eigenvalue weighted by Crippen LogP contribution is -2.44. The van der Waals surface area contributed by atoms with E-state index in [1.807, 2.05) is 47.4 Å². The summed E-state index contributed by atoms with van der Waals surface area (Å²) in [5.41, 5.74) is 1.91. The first kappa shape index (κ1) is 22.5. The van der Waals surface area contributed by atoms with Crippen LogP contribution in [0.1, 0.15) is 43.6 Å². The minimum Gasteiger partial charge on any atom is -0.367 e. The molecule has 3 aromatic rings. The third-order valence-corrected chi connectivity index (χ3v) is 6.06. The molecule has 0 bridgehead atoms. The highest BCUT2D eigenvalue weighted by Gasteiger charge is 2.26. The van der Waals surface area contributed by atoms with E-state index < -0.39 is 0 Å². The van der Waals surface area contributed by atoms with Gasteiger partial charge < -0.3 is 14.2 Å². The second-order valence-electron chi connectivity index (χ2n) is 8.13. The lowest BCUT2D eigenvalue weighted by molar-refractivity contribution is -0.139. The molecule has 0 spiro atoms. The van der Waals surface area contributed by atoms with Crippen LogP contribution in [-0.2, 0) is 22.6 Å². The van der Waals surface area contributed by atoms with Crippen molar-refractivity contribution in [2.24, 2.45) is 0 Å². The van der Waals surface area contributed by atoms with Gasteiger partial charge in [0.25, 0.3) is 0 Å². The summed E-state index contributed by atoms with van der Waals surface area (Å²) in [6.45, 7) is 1.05. The van der Waals surface area contributed by atoms with Gasteiger partial charge in [-0.25, -0.2) is 0 Å². The number of nitrogens with zero attached hydrogens (tertiary/aromatic N) is 3. The molecule has 4 rings (SSSR count). The van der Waals surface area contributed by atoms with Crippen molar-refractivity contribution in [3.8, 4) is 11.4 Å². The highest BCUT2D eigenvalue weighted by molar-refractivity contribution is 6.30. The van der Waals surface area contributed by atoms with Crippen LogP contribution in [0, 0.1) is 0 Å². The summed E-state index contributed by atoms with van der Waals surface area (Å²) in [6.07, 6.45) is 6.12. The molecule has 1 fully saturated rings. The summed E-state index contributed by atoms with van der Waals surface area (Å²) in [5.74, 6) is 1.07. The maximum atomic E-state index is 13.0. The second kappa shape index (κ2) is 11.2. The van der Waals surface area contributed by atoms with Gasteiger partial charge in [-0.15, -0.1) is 0 Å². The van der Waals surface area contributed by atoms with E-state index in [2.05, 4.69) is 10.1 Å². The van der Waals surface area contributed by atoms with Crippen LogP contribution in [0.2, 0.25) is 5.02 Å². The molecule has 6 nitrogen and oxygen atoms in total. The fourth-order valence-electron chi connectivity index (χ4n) is 4.11. The number of benzene rings is 2. The molecule has 168 valence electrons. The Bertz CT molecular complexity index is 985. The number of ether oxygens (including phenoxy) is 1. The van der Waals surface area contributed by atoms with E-state index in [1.165, 1.54) is 6.42 Å². The van der Waals surface area contributed by atoms with Gasteiger partial charge in [0.15, 0.2) is 0 Å². The van der Waals surface area contributed by atoms with Gasteiger partial charge in [0.05, 0.1) is 6.61 Å². The van der Waals surface area contributed by atoms with Crippen molar-refractivity contribution in [2.75, 3.05) is 13.2 Å². The van der Waals surface area contributed by atoms with E-state index >= 15 is 0 Å². The van der Waals surface area contributed by atoms with Crippen LogP contribution in [0.5, 0.6) is 0 Å². The minimum atomic E-state index is 0.0188.